The van der Waals surface area contributed by atoms with Crippen molar-refractivity contribution in [3.05, 3.63) is 47.2 Å². The van der Waals surface area contributed by atoms with Crippen molar-refractivity contribution in [2.45, 2.75) is 19.9 Å². The zero-order chi connectivity index (χ0) is 15.6. The van der Waals surface area contributed by atoms with E-state index >= 15 is 0 Å². The maximum absolute atomic E-state index is 12.4. The molecule has 0 fully saturated rings. The standard InChI is InChI=1S/C16H17NO4/c1-9(2)14(16(20)21-3)17-12-8-13(18)10-6-4-5-7-11(10)15(12)19/h4-9,14,17H,1-3H3/t14-/m1/s1. The number of rotatable bonds is 4. The minimum Gasteiger partial charge on any atom is -0.467 e. The molecule has 110 valence electrons. The van der Waals surface area contributed by atoms with Crippen LogP contribution in [0.3, 0.4) is 0 Å². The second-order valence-electron chi connectivity index (χ2n) is 5.19. The second kappa shape index (κ2) is 5.91. The quantitative estimate of drug-likeness (QED) is 0.854. The highest BCUT2D eigenvalue weighted by Gasteiger charge is 2.30. The monoisotopic (exact) mass is 287 g/mol. The molecule has 1 aliphatic carbocycles. The van der Waals surface area contributed by atoms with Crippen molar-refractivity contribution in [1.29, 1.82) is 0 Å². The molecule has 0 bridgehead atoms. The summed E-state index contributed by atoms with van der Waals surface area (Å²) in [6, 6.07) is 5.95. The Morgan fingerprint density at radius 1 is 1.14 bits per heavy atom. The number of ether oxygens (including phenoxy) is 1. The van der Waals surface area contributed by atoms with Crippen molar-refractivity contribution < 1.29 is 19.1 Å². The molecule has 5 nitrogen and oxygen atoms in total. The van der Waals surface area contributed by atoms with Gasteiger partial charge in [0.2, 0.25) is 5.78 Å². The van der Waals surface area contributed by atoms with Gasteiger partial charge in [-0.2, -0.15) is 0 Å². The van der Waals surface area contributed by atoms with Gasteiger partial charge in [-0.1, -0.05) is 38.1 Å². The zero-order valence-electron chi connectivity index (χ0n) is 12.2. The molecule has 1 atom stereocenters. The number of Topliss-reactive ketones (excluding diaryl/α,β-unsaturated/α-hetero) is 1. The van der Waals surface area contributed by atoms with Crippen molar-refractivity contribution >= 4 is 17.5 Å². The summed E-state index contributed by atoms with van der Waals surface area (Å²) in [5.74, 6) is -1.09. The Kier molecular flexibility index (Phi) is 4.21. The maximum Gasteiger partial charge on any atom is 0.328 e. The fourth-order valence-electron chi connectivity index (χ4n) is 2.21. The first-order chi connectivity index (χ1) is 9.95. The molecular weight excluding hydrogens is 270 g/mol. The Bertz CT molecular complexity index is 631. The van der Waals surface area contributed by atoms with Crippen molar-refractivity contribution in [1.82, 2.24) is 5.32 Å². The third-order valence-corrected chi connectivity index (χ3v) is 3.39. The van der Waals surface area contributed by atoms with Gasteiger partial charge in [0.1, 0.15) is 6.04 Å². The van der Waals surface area contributed by atoms with E-state index in [1.807, 2.05) is 13.8 Å². The van der Waals surface area contributed by atoms with E-state index in [1.165, 1.54) is 13.2 Å². The minimum absolute atomic E-state index is 0.0848. The third-order valence-electron chi connectivity index (χ3n) is 3.39. The summed E-state index contributed by atoms with van der Waals surface area (Å²) in [5.41, 5.74) is 0.856. The van der Waals surface area contributed by atoms with Crippen LogP contribution in [-0.2, 0) is 9.53 Å². The van der Waals surface area contributed by atoms with Crippen LogP contribution in [-0.4, -0.2) is 30.7 Å². The molecule has 0 unspecified atom stereocenters. The molecule has 1 aliphatic rings. The van der Waals surface area contributed by atoms with Crippen LogP contribution in [0.2, 0.25) is 0 Å². The molecular formula is C16H17NO4. The average molecular weight is 287 g/mol. The highest BCUT2D eigenvalue weighted by atomic mass is 16.5. The van der Waals surface area contributed by atoms with Gasteiger partial charge in [0.05, 0.1) is 12.8 Å². The van der Waals surface area contributed by atoms with E-state index in [9.17, 15) is 14.4 Å². The van der Waals surface area contributed by atoms with Crippen LogP contribution in [0.4, 0.5) is 0 Å². The Labute approximate surface area is 123 Å². The molecule has 0 aliphatic heterocycles. The van der Waals surface area contributed by atoms with Gasteiger partial charge in [-0.05, 0) is 5.92 Å². The molecule has 0 heterocycles. The number of nitrogens with one attached hydrogen (secondary N) is 1. The maximum atomic E-state index is 12.4. The Morgan fingerprint density at radius 2 is 1.76 bits per heavy atom. The highest BCUT2D eigenvalue weighted by molar-refractivity contribution is 6.24. The number of benzene rings is 1. The summed E-state index contributed by atoms with van der Waals surface area (Å²) >= 11 is 0. The fraction of sp³-hybridized carbons (Fsp3) is 0.312. The van der Waals surface area contributed by atoms with Gasteiger partial charge in [-0.15, -0.1) is 0 Å². The van der Waals surface area contributed by atoms with Crippen LogP contribution in [0.1, 0.15) is 34.6 Å². The van der Waals surface area contributed by atoms with Crippen LogP contribution in [0.5, 0.6) is 0 Å². The predicted molar refractivity (Wildman–Crippen MR) is 77.0 cm³/mol. The van der Waals surface area contributed by atoms with E-state index in [4.69, 9.17) is 4.74 Å². The van der Waals surface area contributed by atoms with Crippen molar-refractivity contribution in [3.63, 3.8) is 0 Å². The molecule has 2 rings (SSSR count). The van der Waals surface area contributed by atoms with Crippen LogP contribution < -0.4 is 5.32 Å². The lowest BCUT2D eigenvalue weighted by Gasteiger charge is -2.24. The number of hydrogen-bond acceptors (Lipinski definition) is 5. The molecule has 0 amide bonds. The SMILES string of the molecule is COC(=O)[C@H](NC1=CC(=O)c2ccccc2C1=O)C(C)C. The van der Waals surface area contributed by atoms with E-state index in [-0.39, 0.29) is 23.2 Å². The van der Waals surface area contributed by atoms with E-state index < -0.39 is 12.0 Å². The Balaban J connectivity index is 2.32. The van der Waals surface area contributed by atoms with Gasteiger partial charge in [-0.3, -0.25) is 9.59 Å². The zero-order valence-corrected chi connectivity index (χ0v) is 12.2. The summed E-state index contributed by atoms with van der Waals surface area (Å²) in [6.45, 7) is 3.66. The summed E-state index contributed by atoms with van der Waals surface area (Å²) in [6.07, 6.45) is 1.24. The summed E-state index contributed by atoms with van der Waals surface area (Å²) < 4.78 is 4.72. The molecule has 0 spiro atoms. The molecule has 0 radical (unpaired) electrons. The number of carbonyl (C=O) groups is 3. The first-order valence-corrected chi connectivity index (χ1v) is 6.69. The summed E-state index contributed by atoms with van der Waals surface area (Å²) in [5, 5.41) is 2.84. The molecule has 21 heavy (non-hydrogen) atoms. The lowest BCUT2D eigenvalue weighted by Crippen LogP contribution is -2.43. The van der Waals surface area contributed by atoms with E-state index in [0.29, 0.717) is 11.1 Å². The number of carbonyl (C=O) groups excluding carboxylic acids is 3. The predicted octanol–water partition coefficient (Wildman–Crippen LogP) is 1.74. The van der Waals surface area contributed by atoms with Crippen molar-refractivity contribution in [2.75, 3.05) is 7.11 Å². The number of allylic oxidation sites excluding steroid dienone is 2. The van der Waals surface area contributed by atoms with Gasteiger partial charge >= 0.3 is 5.97 Å². The van der Waals surface area contributed by atoms with Gasteiger partial charge in [0.25, 0.3) is 0 Å². The van der Waals surface area contributed by atoms with Crippen LogP contribution in [0.15, 0.2) is 36.0 Å². The second-order valence-corrected chi connectivity index (χ2v) is 5.19. The lowest BCUT2D eigenvalue weighted by atomic mass is 9.92. The molecule has 5 heteroatoms. The smallest absolute Gasteiger partial charge is 0.328 e. The van der Waals surface area contributed by atoms with Crippen LogP contribution in [0, 0.1) is 5.92 Å². The fourth-order valence-corrected chi connectivity index (χ4v) is 2.21. The van der Waals surface area contributed by atoms with Gasteiger partial charge in [0.15, 0.2) is 5.78 Å². The number of hydrogen-bond donors (Lipinski definition) is 1. The number of ketones is 2. The minimum atomic E-state index is -0.678. The van der Waals surface area contributed by atoms with Crippen LogP contribution >= 0.6 is 0 Å². The Morgan fingerprint density at radius 3 is 2.33 bits per heavy atom. The molecule has 0 saturated heterocycles. The number of methoxy groups -OCH3 is 1. The molecule has 1 N–H and O–H groups in total. The van der Waals surface area contributed by atoms with Gasteiger partial charge < -0.3 is 10.1 Å². The van der Waals surface area contributed by atoms with Gasteiger partial charge in [0, 0.05) is 17.2 Å². The molecule has 1 aromatic rings. The van der Waals surface area contributed by atoms with E-state index in [0.717, 1.165) is 0 Å². The normalized spacial score (nSPS) is 15.3. The van der Waals surface area contributed by atoms with E-state index in [1.54, 1.807) is 24.3 Å². The summed E-state index contributed by atoms with van der Waals surface area (Å²) in [4.78, 5) is 36.2. The first-order valence-electron chi connectivity index (χ1n) is 6.69. The Hall–Kier alpha value is -2.43. The number of fused-ring (bicyclic) bond motifs is 1. The average Bonchev–Trinajstić information content (AvgIpc) is 2.48. The molecule has 0 aromatic heterocycles. The van der Waals surface area contributed by atoms with Crippen molar-refractivity contribution in [2.24, 2.45) is 5.92 Å². The molecule has 0 saturated carbocycles. The van der Waals surface area contributed by atoms with E-state index in [2.05, 4.69) is 5.32 Å². The van der Waals surface area contributed by atoms with Crippen molar-refractivity contribution in [3.8, 4) is 0 Å². The largest absolute Gasteiger partial charge is 0.467 e. The highest BCUT2D eigenvalue weighted by Crippen LogP contribution is 2.21. The van der Waals surface area contributed by atoms with Gasteiger partial charge in [-0.25, -0.2) is 4.79 Å². The topological polar surface area (TPSA) is 72.5 Å². The molecule has 1 aromatic carbocycles. The lowest BCUT2D eigenvalue weighted by molar-refractivity contribution is -0.144. The first kappa shape index (κ1) is 15.0. The third kappa shape index (κ3) is 2.86. The van der Waals surface area contributed by atoms with Crippen LogP contribution in [0.25, 0.3) is 0 Å². The number of esters is 1. The summed E-state index contributed by atoms with van der Waals surface area (Å²) in [7, 11) is 1.29.